The number of ketones is 1. The van der Waals surface area contributed by atoms with E-state index in [0.717, 1.165) is 5.82 Å². The van der Waals surface area contributed by atoms with Crippen LogP contribution in [0, 0.1) is 6.92 Å². The van der Waals surface area contributed by atoms with Crippen molar-refractivity contribution < 1.29 is 19.1 Å². The Kier molecular flexibility index (Phi) is 5.27. The summed E-state index contributed by atoms with van der Waals surface area (Å²) >= 11 is 1.26. The van der Waals surface area contributed by atoms with Crippen molar-refractivity contribution in [2.24, 2.45) is 0 Å². The van der Waals surface area contributed by atoms with Crippen molar-refractivity contribution in [1.82, 2.24) is 14.8 Å². The molecule has 3 rings (SSSR count). The van der Waals surface area contributed by atoms with Crippen LogP contribution < -0.4 is 14.8 Å². The van der Waals surface area contributed by atoms with Gasteiger partial charge in [-0.05, 0) is 19.9 Å². The molecule has 0 atom stereocenters. The van der Waals surface area contributed by atoms with Gasteiger partial charge in [0.1, 0.15) is 5.82 Å². The first-order valence-electron chi connectivity index (χ1n) is 7.87. The lowest BCUT2D eigenvalue weighted by Gasteiger charge is -2.10. The van der Waals surface area contributed by atoms with Gasteiger partial charge in [0.15, 0.2) is 22.4 Å². The summed E-state index contributed by atoms with van der Waals surface area (Å²) in [5.74, 6) is 1.44. The third kappa shape index (κ3) is 3.72. The second-order valence-electron chi connectivity index (χ2n) is 5.57. The second kappa shape index (κ2) is 7.61. The lowest BCUT2D eigenvalue weighted by molar-refractivity contribution is -0.113. The van der Waals surface area contributed by atoms with Gasteiger partial charge < -0.3 is 19.4 Å². The minimum absolute atomic E-state index is 0.0955. The topological polar surface area (TPSA) is 95.3 Å². The molecule has 9 heteroatoms. The molecule has 0 bridgehead atoms. The molecule has 0 saturated heterocycles. The van der Waals surface area contributed by atoms with Gasteiger partial charge in [-0.15, -0.1) is 16.8 Å². The monoisotopic (exact) mass is 374 g/mol. The summed E-state index contributed by atoms with van der Waals surface area (Å²) < 4.78 is 12.5. The number of amides is 1. The molecule has 2 heterocycles. The molecule has 1 aromatic heterocycles. The third-order valence-corrected chi connectivity index (χ3v) is 4.68. The van der Waals surface area contributed by atoms with E-state index in [-0.39, 0.29) is 24.2 Å². The number of anilines is 1. The molecule has 1 N–H and O–H groups in total. The first kappa shape index (κ1) is 18.0. The average Bonchev–Trinajstić information content (AvgIpc) is 3.19. The first-order chi connectivity index (χ1) is 12.5. The third-order valence-electron chi connectivity index (χ3n) is 3.71. The van der Waals surface area contributed by atoms with E-state index in [1.54, 1.807) is 18.2 Å². The summed E-state index contributed by atoms with van der Waals surface area (Å²) in [6.07, 6.45) is 1.74. The Hall–Kier alpha value is -2.81. The maximum atomic E-state index is 12.3. The zero-order valence-corrected chi connectivity index (χ0v) is 15.3. The fourth-order valence-electron chi connectivity index (χ4n) is 2.46. The number of thioether (sulfide) groups is 1. The van der Waals surface area contributed by atoms with Gasteiger partial charge in [0, 0.05) is 18.2 Å². The molecule has 1 amide bonds. The second-order valence-corrected chi connectivity index (χ2v) is 6.52. The molecule has 0 saturated carbocycles. The predicted molar refractivity (Wildman–Crippen MR) is 96.9 cm³/mol. The van der Waals surface area contributed by atoms with Crippen molar-refractivity contribution in [2.45, 2.75) is 25.5 Å². The number of benzene rings is 1. The van der Waals surface area contributed by atoms with Crippen molar-refractivity contribution in [3.05, 3.63) is 36.2 Å². The molecule has 0 spiro atoms. The van der Waals surface area contributed by atoms with E-state index in [9.17, 15) is 9.59 Å². The molecule has 0 fully saturated rings. The normalized spacial score (nSPS) is 12.1. The Balaban J connectivity index is 1.71. The van der Waals surface area contributed by atoms with Gasteiger partial charge in [-0.2, -0.15) is 0 Å². The van der Waals surface area contributed by atoms with Crippen molar-refractivity contribution in [3.8, 4) is 11.5 Å². The maximum absolute atomic E-state index is 12.3. The van der Waals surface area contributed by atoms with E-state index in [1.165, 1.54) is 18.7 Å². The summed E-state index contributed by atoms with van der Waals surface area (Å²) in [5.41, 5.74) is 0.773. The molecule has 1 aliphatic heterocycles. The van der Waals surface area contributed by atoms with Crippen LogP contribution in [0.4, 0.5) is 5.69 Å². The van der Waals surface area contributed by atoms with Gasteiger partial charge in [0.2, 0.25) is 12.7 Å². The van der Waals surface area contributed by atoms with Crippen molar-refractivity contribution in [2.75, 3.05) is 17.9 Å². The minimum atomic E-state index is -0.262. The van der Waals surface area contributed by atoms with Gasteiger partial charge in [-0.1, -0.05) is 17.8 Å². The number of carbonyl (C=O) groups excluding carboxylic acids is 2. The summed E-state index contributed by atoms with van der Waals surface area (Å²) in [6, 6.07) is 3.18. The average molecular weight is 374 g/mol. The van der Waals surface area contributed by atoms with E-state index >= 15 is 0 Å². The van der Waals surface area contributed by atoms with Crippen LogP contribution in [0.1, 0.15) is 23.1 Å². The van der Waals surface area contributed by atoms with Crippen LogP contribution in [0.3, 0.4) is 0 Å². The molecule has 136 valence electrons. The molecular formula is C17H18N4O4S. The zero-order valence-electron chi connectivity index (χ0n) is 14.4. The number of fused-ring (bicyclic) bond motifs is 1. The number of nitrogens with zero attached hydrogens (tertiary/aromatic N) is 3. The molecule has 1 aromatic carbocycles. The lowest BCUT2D eigenvalue weighted by atomic mass is 10.1. The smallest absolute Gasteiger partial charge is 0.234 e. The van der Waals surface area contributed by atoms with Crippen LogP contribution in [0.5, 0.6) is 11.5 Å². The van der Waals surface area contributed by atoms with E-state index in [4.69, 9.17) is 9.47 Å². The quantitative estimate of drug-likeness (QED) is 0.452. The van der Waals surface area contributed by atoms with Gasteiger partial charge in [-0.25, -0.2) is 0 Å². The highest BCUT2D eigenvalue weighted by Gasteiger charge is 2.20. The molecule has 8 nitrogen and oxygen atoms in total. The number of Topliss-reactive ketones (excluding diaryl/α,β-unsaturated/α-hetero) is 1. The summed E-state index contributed by atoms with van der Waals surface area (Å²) in [6.45, 7) is 7.64. The summed E-state index contributed by atoms with van der Waals surface area (Å²) in [4.78, 5) is 24.2. The van der Waals surface area contributed by atoms with Crippen LogP contribution in [0.15, 0.2) is 29.9 Å². The number of hydrogen-bond acceptors (Lipinski definition) is 7. The Morgan fingerprint density at radius 3 is 2.77 bits per heavy atom. The Morgan fingerprint density at radius 1 is 1.35 bits per heavy atom. The zero-order chi connectivity index (χ0) is 18.7. The molecule has 0 unspecified atom stereocenters. The van der Waals surface area contributed by atoms with Crippen molar-refractivity contribution >= 4 is 29.1 Å². The summed E-state index contributed by atoms with van der Waals surface area (Å²) in [7, 11) is 0. The number of nitrogens with one attached hydrogen (secondary N) is 1. The van der Waals surface area contributed by atoms with Crippen molar-refractivity contribution in [1.29, 1.82) is 0 Å². The van der Waals surface area contributed by atoms with Crippen LogP contribution in [-0.4, -0.2) is 39.0 Å². The SMILES string of the molecule is C=CCn1c(C)nnc1SCC(=O)Nc1cc2c(cc1C(C)=O)OCO2. The Labute approximate surface area is 154 Å². The number of allylic oxidation sites excluding steroid dienone is 1. The standard InChI is InChI=1S/C17H18N4O4S/c1-4-5-21-11(3)19-20-17(21)26-8-16(23)18-13-7-15-14(24-9-25-15)6-12(13)10(2)22/h4,6-7H,1,5,8-9H2,2-3H3,(H,18,23). The molecule has 0 aliphatic carbocycles. The van der Waals surface area contributed by atoms with E-state index in [2.05, 4.69) is 22.1 Å². The minimum Gasteiger partial charge on any atom is -0.454 e. The molecule has 0 radical (unpaired) electrons. The number of aryl methyl sites for hydroxylation is 1. The van der Waals surface area contributed by atoms with Crippen LogP contribution in [0.25, 0.3) is 0 Å². The van der Waals surface area contributed by atoms with Gasteiger partial charge >= 0.3 is 0 Å². The highest BCUT2D eigenvalue weighted by Crippen LogP contribution is 2.37. The number of ether oxygens (including phenoxy) is 2. The number of hydrogen-bond donors (Lipinski definition) is 1. The highest BCUT2D eigenvalue weighted by molar-refractivity contribution is 7.99. The van der Waals surface area contributed by atoms with Gasteiger partial charge in [0.25, 0.3) is 0 Å². The number of carbonyl (C=O) groups is 2. The van der Waals surface area contributed by atoms with Gasteiger partial charge in [-0.3, -0.25) is 9.59 Å². The molecular weight excluding hydrogens is 356 g/mol. The predicted octanol–water partition coefficient (Wildman–Crippen LogP) is 2.43. The number of aromatic nitrogens is 3. The Morgan fingerprint density at radius 2 is 2.08 bits per heavy atom. The highest BCUT2D eigenvalue weighted by atomic mass is 32.2. The van der Waals surface area contributed by atoms with Gasteiger partial charge in [0.05, 0.1) is 11.4 Å². The van der Waals surface area contributed by atoms with E-state index in [1.807, 2.05) is 11.5 Å². The molecule has 2 aromatic rings. The van der Waals surface area contributed by atoms with Crippen LogP contribution in [-0.2, 0) is 11.3 Å². The Bertz CT molecular complexity index is 878. The summed E-state index contributed by atoms with van der Waals surface area (Å²) in [5, 5.41) is 11.5. The molecule has 26 heavy (non-hydrogen) atoms. The van der Waals surface area contributed by atoms with Crippen LogP contribution in [0.2, 0.25) is 0 Å². The lowest BCUT2D eigenvalue weighted by Crippen LogP contribution is -2.16. The van der Waals surface area contributed by atoms with Crippen LogP contribution >= 0.6 is 11.8 Å². The maximum Gasteiger partial charge on any atom is 0.234 e. The fourth-order valence-corrected chi connectivity index (χ4v) is 3.25. The fraction of sp³-hybridized carbons (Fsp3) is 0.294. The number of rotatable bonds is 7. The van der Waals surface area contributed by atoms with Crippen molar-refractivity contribution in [3.63, 3.8) is 0 Å². The largest absolute Gasteiger partial charge is 0.454 e. The first-order valence-corrected chi connectivity index (χ1v) is 8.86. The van der Waals surface area contributed by atoms with E-state index < -0.39 is 0 Å². The molecule has 1 aliphatic rings. The van der Waals surface area contributed by atoms with E-state index in [0.29, 0.717) is 34.5 Å².